The van der Waals surface area contributed by atoms with Crippen LogP contribution in [0.25, 0.3) is 11.1 Å². The van der Waals surface area contributed by atoms with Gasteiger partial charge in [-0.1, -0.05) is 44.2 Å². The maximum atomic E-state index is 12.7. The Morgan fingerprint density at radius 3 is 2.48 bits per heavy atom. The van der Waals surface area contributed by atoms with Crippen molar-refractivity contribution in [1.29, 1.82) is 0 Å². The fourth-order valence-electron chi connectivity index (χ4n) is 2.96. The van der Waals surface area contributed by atoms with Crippen molar-refractivity contribution in [3.05, 3.63) is 53.6 Å². The number of rotatable bonds is 8. The molecule has 0 unspecified atom stereocenters. The van der Waals surface area contributed by atoms with Crippen molar-refractivity contribution in [2.24, 2.45) is 5.92 Å². The van der Waals surface area contributed by atoms with Gasteiger partial charge in [0, 0.05) is 19.2 Å². The minimum Gasteiger partial charge on any atom is -0.496 e. The van der Waals surface area contributed by atoms with Gasteiger partial charge >= 0.3 is 0 Å². The molecule has 27 heavy (non-hydrogen) atoms. The summed E-state index contributed by atoms with van der Waals surface area (Å²) >= 11 is 0. The molecule has 0 atom stereocenters. The van der Waals surface area contributed by atoms with Gasteiger partial charge in [0.05, 0.1) is 19.1 Å². The maximum Gasteiger partial charge on any atom is 0.230 e. The highest BCUT2D eigenvalue weighted by atomic mass is 16.5. The molecule has 0 fully saturated rings. The lowest BCUT2D eigenvalue weighted by molar-refractivity contribution is -0.125. The molecular weight excluding hydrogens is 338 g/mol. The normalized spacial score (nSPS) is 11.5. The maximum absolute atomic E-state index is 12.7. The first kappa shape index (κ1) is 21.0. The Bertz CT molecular complexity index is 781. The van der Waals surface area contributed by atoms with Crippen LogP contribution in [-0.4, -0.2) is 26.7 Å². The SMILES string of the molecule is COCc1cccc(-c2ccc(C(C)(C)C(=O)NCC(C)C)cc2OC)c1. The monoisotopic (exact) mass is 369 g/mol. The predicted octanol–water partition coefficient (Wildman–Crippen LogP) is 4.56. The molecule has 0 saturated carbocycles. The van der Waals surface area contributed by atoms with Crippen molar-refractivity contribution in [3.63, 3.8) is 0 Å². The van der Waals surface area contributed by atoms with E-state index < -0.39 is 5.41 Å². The van der Waals surface area contributed by atoms with E-state index >= 15 is 0 Å². The molecule has 0 heterocycles. The fraction of sp³-hybridized carbons (Fsp3) is 0.435. The van der Waals surface area contributed by atoms with E-state index in [9.17, 15) is 4.79 Å². The van der Waals surface area contributed by atoms with Gasteiger partial charge in [0.2, 0.25) is 5.91 Å². The highest BCUT2D eigenvalue weighted by Gasteiger charge is 2.30. The zero-order valence-corrected chi connectivity index (χ0v) is 17.3. The van der Waals surface area contributed by atoms with Crippen LogP contribution >= 0.6 is 0 Å². The van der Waals surface area contributed by atoms with Crippen LogP contribution in [0.15, 0.2) is 42.5 Å². The molecule has 2 aromatic carbocycles. The molecule has 146 valence electrons. The van der Waals surface area contributed by atoms with Gasteiger partial charge in [-0.05, 0) is 48.6 Å². The number of carbonyl (C=O) groups excluding carboxylic acids is 1. The average molecular weight is 370 g/mol. The van der Waals surface area contributed by atoms with Gasteiger partial charge in [-0.15, -0.1) is 0 Å². The van der Waals surface area contributed by atoms with Gasteiger partial charge in [-0.3, -0.25) is 4.79 Å². The summed E-state index contributed by atoms with van der Waals surface area (Å²) in [5.74, 6) is 1.20. The first-order valence-electron chi connectivity index (χ1n) is 9.34. The van der Waals surface area contributed by atoms with Crippen LogP contribution in [0.4, 0.5) is 0 Å². The summed E-state index contributed by atoms with van der Waals surface area (Å²) in [5, 5.41) is 3.03. The summed E-state index contributed by atoms with van der Waals surface area (Å²) in [6, 6.07) is 14.2. The third kappa shape index (κ3) is 5.10. The zero-order chi connectivity index (χ0) is 20.0. The second-order valence-electron chi connectivity index (χ2n) is 7.78. The molecule has 2 rings (SSSR count). The van der Waals surface area contributed by atoms with Crippen molar-refractivity contribution in [2.75, 3.05) is 20.8 Å². The Kier molecular flexibility index (Phi) is 7.03. The quantitative estimate of drug-likeness (QED) is 0.742. The first-order chi connectivity index (χ1) is 12.8. The number of nitrogens with one attached hydrogen (secondary N) is 1. The highest BCUT2D eigenvalue weighted by Crippen LogP contribution is 2.35. The van der Waals surface area contributed by atoms with E-state index in [1.54, 1.807) is 14.2 Å². The molecule has 1 amide bonds. The minimum absolute atomic E-state index is 0.0214. The van der Waals surface area contributed by atoms with Gasteiger partial charge in [0.25, 0.3) is 0 Å². The number of amides is 1. The number of ether oxygens (including phenoxy) is 2. The Morgan fingerprint density at radius 1 is 1.11 bits per heavy atom. The van der Waals surface area contributed by atoms with Crippen LogP contribution in [0.5, 0.6) is 5.75 Å². The smallest absolute Gasteiger partial charge is 0.230 e. The molecule has 0 saturated heterocycles. The molecule has 0 aliphatic rings. The summed E-state index contributed by atoms with van der Waals surface area (Å²) in [5.41, 5.74) is 3.46. The topological polar surface area (TPSA) is 47.6 Å². The van der Waals surface area contributed by atoms with Gasteiger partial charge in [0.1, 0.15) is 5.75 Å². The third-order valence-corrected chi connectivity index (χ3v) is 4.71. The van der Waals surface area contributed by atoms with Crippen molar-refractivity contribution in [3.8, 4) is 16.9 Å². The van der Waals surface area contributed by atoms with E-state index in [0.717, 1.165) is 28.0 Å². The lowest BCUT2D eigenvalue weighted by Gasteiger charge is -2.26. The van der Waals surface area contributed by atoms with E-state index in [0.29, 0.717) is 19.1 Å². The second kappa shape index (κ2) is 9.05. The van der Waals surface area contributed by atoms with Crippen LogP contribution in [-0.2, 0) is 21.6 Å². The van der Waals surface area contributed by atoms with Crippen LogP contribution in [0.1, 0.15) is 38.8 Å². The van der Waals surface area contributed by atoms with Crippen LogP contribution in [0, 0.1) is 5.92 Å². The van der Waals surface area contributed by atoms with E-state index in [1.165, 1.54) is 0 Å². The summed E-state index contributed by atoms with van der Waals surface area (Å²) in [4.78, 5) is 12.7. The lowest BCUT2D eigenvalue weighted by Crippen LogP contribution is -2.41. The molecule has 2 aromatic rings. The van der Waals surface area contributed by atoms with Crippen LogP contribution < -0.4 is 10.1 Å². The van der Waals surface area contributed by atoms with Crippen molar-refractivity contribution < 1.29 is 14.3 Å². The molecule has 0 radical (unpaired) electrons. The van der Waals surface area contributed by atoms with Crippen molar-refractivity contribution >= 4 is 5.91 Å². The van der Waals surface area contributed by atoms with Gasteiger partial charge in [0.15, 0.2) is 0 Å². The van der Waals surface area contributed by atoms with Gasteiger partial charge in [-0.25, -0.2) is 0 Å². The molecule has 0 aromatic heterocycles. The molecule has 4 heteroatoms. The number of hydrogen-bond donors (Lipinski definition) is 1. The molecule has 0 aliphatic carbocycles. The van der Waals surface area contributed by atoms with E-state index in [1.807, 2.05) is 44.2 Å². The number of hydrogen-bond acceptors (Lipinski definition) is 3. The predicted molar refractivity (Wildman–Crippen MR) is 110 cm³/mol. The average Bonchev–Trinajstić information content (AvgIpc) is 2.65. The highest BCUT2D eigenvalue weighted by molar-refractivity contribution is 5.88. The molecule has 0 aliphatic heterocycles. The minimum atomic E-state index is -0.640. The summed E-state index contributed by atoms with van der Waals surface area (Å²) in [7, 11) is 3.35. The number of benzene rings is 2. The Hall–Kier alpha value is -2.33. The molecule has 0 bridgehead atoms. The van der Waals surface area contributed by atoms with Crippen LogP contribution in [0.2, 0.25) is 0 Å². The molecular formula is C23H31NO3. The zero-order valence-electron chi connectivity index (χ0n) is 17.3. The third-order valence-electron chi connectivity index (χ3n) is 4.71. The molecule has 0 spiro atoms. The van der Waals surface area contributed by atoms with Gasteiger partial charge < -0.3 is 14.8 Å². The Morgan fingerprint density at radius 2 is 1.85 bits per heavy atom. The second-order valence-corrected chi connectivity index (χ2v) is 7.78. The lowest BCUT2D eigenvalue weighted by atomic mass is 9.82. The number of carbonyl (C=O) groups is 1. The van der Waals surface area contributed by atoms with Crippen molar-refractivity contribution in [2.45, 2.75) is 39.7 Å². The Balaban J connectivity index is 2.35. The fourth-order valence-corrected chi connectivity index (χ4v) is 2.96. The van der Waals surface area contributed by atoms with E-state index in [2.05, 4.69) is 31.3 Å². The number of methoxy groups -OCH3 is 2. The van der Waals surface area contributed by atoms with Gasteiger partial charge in [-0.2, -0.15) is 0 Å². The summed E-state index contributed by atoms with van der Waals surface area (Å²) in [6.07, 6.45) is 0. The standard InChI is InChI=1S/C23H31NO3/c1-16(2)14-24-22(25)23(3,4)19-10-11-20(21(13-19)27-6)18-9-7-8-17(12-18)15-26-5/h7-13,16H,14-15H2,1-6H3,(H,24,25). The molecule has 4 nitrogen and oxygen atoms in total. The van der Waals surface area contributed by atoms with Crippen LogP contribution in [0.3, 0.4) is 0 Å². The first-order valence-corrected chi connectivity index (χ1v) is 9.34. The van der Waals surface area contributed by atoms with Crippen molar-refractivity contribution in [1.82, 2.24) is 5.32 Å². The largest absolute Gasteiger partial charge is 0.496 e. The van der Waals surface area contributed by atoms with E-state index in [4.69, 9.17) is 9.47 Å². The summed E-state index contributed by atoms with van der Waals surface area (Å²) in [6.45, 7) is 9.29. The summed E-state index contributed by atoms with van der Waals surface area (Å²) < 4.78 is 10.9. The molecule has 1 N–H and O–H groups in total. The Labute approximate surface area is 162 Å². The van der Waals surface area contributed by atoms with E-state index in [-0.39, 0.29) is 5.91 Å².